The van der Waals surface area contributed by atoms with Crippen molar-refractivity contribution in [3.05, 3.63) is 78.2 Å². The first-order valence-electron chi connectivity index (χ1n) is 11.4. The van der Waals surface area contributed by atoms with Crippen LogP contribution in [0.15, 0.2) is 71.9 Å². The highest BCUT2D eigenvalue weighted by Crippen LogP contribution is 2.23. The highest BCUT2D eigenvalue weighted by molar-refractivity contribution is 7.92. The van der Waals surface area contributed by atoms with E-state index in [1.807, 2.05) is 0 Å². The van der Waals surface area contributed by atoms with Gasteiger partial charge in [-0.2, -0.15) is 4.31 Å². The van der Waals surface area contributed by atoms with Gasteiger partial charge < -0.3 is 10.4 Å². The Morgan fingerprint density at radius 1 is 1.00 bits per heavy atom. The van der Waals surface area contributed by atoms with Gasteiger partial charge in [-0.1, -0.05) is 25.1 Å². The van der Waals surface area contributed by atoms with Gasteiger partial charge in [-0.05, 0) is 48.4 Å². The Labute approximate surface area is 216 Å². The Hall–Kier alpha value is -3.55. The molecule has 0 aliphatic rings. The minimum atomic E-state index is -3.98. The van der Waals surface area contributed by atoms with Crippen LogP contribution in [-0.2, 0) is 37.9 Å². The monoisotopic (exact) mass is 547 g/mol. The molecule has 2 N–H and O–H groups in total. The maximum Gasteiger partial charge on any atom is 0.322 e. The van der Waals surface area contributed by atoms with Crippen molar-refractivity contribution in [3.63, 3.8) is 0 Å². The fourth-order valence-electron chi connectivity index (χ4n) is 3.46. The summed E-state index contributed by atoms with van der Waals surface area (Å²) in [5.74, 6) is -0.723. The zero-order valence-corrected chi connectivity index (χ0v) is 22.1. The molecule has 0 fully saturated rings. The van der Waals surface area contributed by atoms with Crippen LogP contribution in [0.1, 0.15) is 24.6 Å². The van der Waals surface area contributed by atoms with E-state index < -0.39 is 26.0 Å². The van der Waals surface area contributed by atoms with Gasteiger partial charge >= 0.3 is 5.97 Å². The van der Waals surface area contributed by atoms with Gasteiger partial charge in [0.05, 0.1) is 23.7 Å². The number of hydrogen-bond acceptors (Lipinski definition) is 8. The molecule has 0 saturated heterocycles. The molecule has 0 amide bonds. The summed E-state index contributed by atoms with van der Waals surface area (Å²) in [6.45, 7) is 1.35. The standard InChI is InChI=1S/C24H29N5O6S2/c1-3-14-36(32,33)28(2)21-11-9-19(10-12-21)17-29(37(34,35)22-7-5-13-25-15-22)18-20-6-4-8-23(27-20)26-16-24(30)31/h4-13,15H,3,14,16-18H2,1-2H3,(H,26,27)(H,30,31). The van der Waals surface area contributed by atoms with Crippen LogP contribution < -0.4 is 9.62 Å². The summed E-state index contributed by atoms with van der Waals surface area (Å²) in [5, 5.41) is 11.6. The summed E-state index contributed by atoms with van der Waals surface area (Å²) >= 11 is 0. The Morgan fingerprint density at radius 2 is 1.73 bits per heavy atom. The molecule has 0 unspecified atom stereocenters. The fraction of sp³-hybridized carbons (Fsp3) is 0.292. The largest absolute Gasteiger partial charge is 0.480 e. The topological polar surface area (TPSA) is 150 Å². The second kappa shape index (κ2) is 12.1. The lowest BCUT2D eigenvalue weighted by Crippen LogP contribution is -2.31. The fourth-order valence-corrected chi connectivity index (χ4v) is 6.05. The molecule has 0 aliphatic heterocycles. The van der Waals surface area contributed by atoms with E-state index in [2.05, 4.69) is 15.3 Å². The number of nitrogens with one attached hydrogen (secondary N) is 1. The van der Waals surface area contributed by atoms with Crippen molar-refractivity contribution in [1.82, 2.24) is 14.3 Å². The van der Waals surface area contributed by atoms with E-state index in [9.17, 15) is 21.6 Å². The molecule has 0 atom stereocenters. The van der Waals surface area contributed by atoms with E-state index in [-0.39, 0.29) is 30.3 Å². The average Bonchev–Trinajstić information content (AvgIpc) is 2.88. The number of benzene rings is 1. The Balaban J connectivity index is 1.89. The number of aromatic nitrogens is 2. The summed E-state index contributed by atoms with van der Waals surface area (Å²) < 4.78 is 54.2. The number of sulfonamides is 2. The molecule has 3 rings (SSSR count). The highest BCUT2D eigenvalue weighted by Gasteiger charge is 2.26. The number of rotatable bonds is 13. The molecule has 2 aromatic heterocycles. The number of hydrogen-bond donors (Lipinski definition) is 2. The first-order chi connectivity index (χ1) is 17.5. The van der Waals surface area contributed by atoms with Crippen molar-refractivity contribution in [2.75, 3.05) is 29.0 Å². The minimum absolute atomic E-state index is 0.0113. The SMILES string of the molecule is CCCS(=O)(=O)N(C)c1ccc(CN(Cc2cccc(NCC(=O)O)n2)S(=O)(=O)c2cccnc2)cc1. The molecular weight excluding hydrogens is 518 g/mol. The number of anilines is 2. The molecule has 0 spiro atoms. The molecule has 11 nitrogen and oxygen atoms in total. The summed E-state index contributed by atoms with van der Waals surface area (Å²) in [4.78, 5) is 19.1. The molecule has 0 aliphatic carbocycles. The maximum atomic E-state index is 13.5. The number of aliphatic carboxylic acids is 1. The number of pyridine rings is 2. The van der Waals surface area contributed by atoms with Crippen molar-refractivity contribution >= 4 is 37.5 Å². The second-order valence-electron chi connectivity index (χ2n) is 8.17. The number of carboxylic acid groups (broad SMARTS) is 1. The first-order valence-corrected chi connectivity index (χ1v) is 14.4. The lowest BCUT2D eigenvalue weighted by molar-refractivity contribution is -0.134. The molecule has 0 saturated carbocycles. The lowest BCUT2D eigenvalue weighted by Gasteiger charge is -2.23. The number of carboxylic acids is 1. The predicted octanol–water partition coefficient (Wildman–Crippen LogP) is 2.54. The summed E-state index contributed by atoms with van der Waals surface area (Å²) in [7, 11) is -5.95. The van der Waals surface area contributed by atoms with Crippen LogP contribution in [0.25, 0.3) is 0 Å². The minimum Gasteiger partial charge on any atom is -0.480 e. The van der Waals surface area contributed by atoms with E-state index in [4.69, 9.17) is 5.11 Å². The van der Waals surface area contributed by atoms with E-state index >= 15 is 0 Å². The number of carbonyl (C=O) groups is 1. The third-order valence-electron chi connectivity index (χ3n) is 5.38. The predicted molar refractivity (Wildman–Crippen MR) is 140 cm³/mol. The zero-order valence-electron chi connectivity index (χ0n) is 20.5. The van der Waals surface area contributed by atoms with E-state index in [1.54, 1.807) is 49.4 Å². The quantitative estimate of drug-likeness (QED) is 0.329. The molecule has 0 bridgehead atoms. The van der Waals surface area contributed by atoms with Gasteiger partial charge in [0, 0.05) is 26.0 Å². The van der Waals surface area contributed by atoms with Gasteiger partial charge in [0.15, 0.2) is 0 Å². The second-order valence-corrected chi connectivity index (χ2v) is 12.2. The van der Waals surface area contributed by atoms with Gasteiger partial charge in [-0.15, -0.1) is 0 Å². The zero-order chi connectivity index (χ0) is 27.1. The van der Waals surface area contributed by atoms with Crippen LogP contribution in [0.2, 0.25) is 0 Å². The normalized spacial score (nSPS) is 11.9. The van der Waals surface area contributed by atoms with Crippen LogP contribution in [0.4, 0.5) is 11.5 Å². The maximum absolute atomic E-state index is 13.5. The molecule has 0 radical (unpaired) electrons. The van der Waals surface area contributed by atoms with E-state index in [0.717, 1.165) is 0 Å². The van der Waals surface area contributed by atoms with Crippen LogP contribution in [0, 0.1) is 0 Å². The van der Waals surface area contributed by atoms with Crippen LogP contribution in [-0.4, -0.2) is 61.5 Å². The summed E-state index contributed by atoms with van der Waals surface area (Å²) in [6, 6.07) is 14.5. The first kappa shape index (κ1) is 28.0. The molecule has 3 aromatic rings. The Bertz CT molecular complexity index is 1420. The lowest BCUT2D eigenvalue weighted by atomic mass is 10.2. The van der Waals surface area contributed by atoms with Crippen molar-refractivity contribution in [2.24, 2.45) is 0 Å². The Morgan fingerprint density at radius 3 is 2.35 bits per heavy atom. The van der Waals surface area contributed by atoms with E-state index in [0.29, 0.717) is 29.2 Å². The van der Waals surface area contributed by atoms with Gasteiger partial charge in [0.2, 0.25) is 20.0 Å². The summed E-state index contributed by atoms with van der Waals surface area (Å²) in [5.41, 5.74) is 1.51. The van der Waals surface area contributed by atoms with Crippen molar-refractivity contribution in [3.8, 4) is 0 Å². The summed E-state index contributed by atoms with van der Waals surface area (Å²) in [6.07, 6.45) is 3.23. The highest BCUT2D eigenvalue weighted by atomic mass is 32.2. The smallest absolute Gasteiger partial charge is 0.322 e. The van der Waals surface area contributed by atoms with Crippen molar-refractivity contribution in [1.29, 1.82) is 0 Å². The molecular formula is C24H29N5O6S2. The Kier molecular flexibility index (Phi) is 9.18. The van der Waals surface area contributed by atoms with Gasteiger partial charge in [0.25, 0.3) is 0 Å². The molecule has 1 aromatic carbocycles. The molecule has 2 heterocycles. The average molecular weight is 548 g/mol. The molecule has 198 valence electrons. The molecule has 37 heavy (non-hydrogen) atoms. The third kappa shape index (κ3) is 7.47. The van der Waals surface area contributed by atoms with Gasteiger partial charge in [-0.25, -0.2) is 21.8 Å². The van der Waals surface area contributed by atoms with Gasteiger partial charge in [0.1, 0.15) is 17.3 Å². The van der Waals surface area contributed by atoms with Crippen LogP contribution in [0.3, 0.4) is 0 Å². The molecule has 13 heteroatoms. The number of nitrogens with zero attached hydrogens (tertiary/aromatic N) is 4. The van der Waals surface area contributed by atoms with Gasteiger partial charge in [-0.3, -0.25) is 14.1 Å². The third-order valence-corrected chi connectivity index (χ3v) is 9.12. The van der Waals surface area contributed by atoms with Crippen LogP contribution in [0.5, 0.6) is 0 Å². The van der Waals surface area contributed by atoms with Crippen LogP contribution >= 0.6 is 0 Å². The van der Waals surface area contributed by atoms with Crippen molar-refractivity contribution in [2.45, 2.75) is 31.3 Å². The van der Waals surface area contributed by atoms with Crippen molar-refractivity contribution < 1.29 is 26.7 Å². The van der Waals surface area contributed by atoms with E-state index in [1.165, 1.54) is 40.2 Å².